The highest BCUT2D eigenvalue weighted by Crippen LogP contribution is 2.23. The molecule has 7 nitrogen and oxygen atoms in total. The van der Waals surface area contributed by atoms with Gasteiger partial charge < -0.3 is 9.30 Å². The highest BCUT2D eigenvalue weighted by atomic mass is 16.5. The average molecular weight is 333 g/mol. The third kappa shape index (κ3) is 3.10. The van der Waals surface area contributed by atoms with E-state index in [1.165, 1.54) is 13.3 Å². The first kappa shape index (κ1) is 16.3. The summed E-state index contributed by atoms with van der Waals surface area (Å²) in [7, 11) is 3.23. The molecule has 1 aromatic carbocycles. The predicted octanol–water partition coefficient (Wildman–Crippen LogP) is 2.38. The van der Waals surface area contributed by atoms with Crippen molar-refractivity contribution in [3.8, 4) is 23.3 Å². The molecule has 1 atom stereocenters. The number of hydrogen-bond donors (Lipinski definition) is 0. The molecule has 0 N–H and O–H groups in total. The molecule has 124 valence electrons. The van der Waals surface area contributed by atoms with E-state index >= 15 is 0 Å². The topological polar surface area (TPSA) is 93.7 Å². The molecule has 0 fully saturated rings. The van der Waals surface area contributed by atoms with Gasteiger partial charge in [-0.25, -0.2) is 4.98 Å². The van der Waals surface area contributed by atoms with Gasteiger partial charge in [0.1, 0.15) is 0 Å². The molecule has 0 saturated heterocycles. The lowest BCUT2D eigenvalue weighted by molar-refractivity contribution is 0.0974. The zero-order valence-corrected chi connectivity index (χ0v) is 13.7. The number of Topliss-reactive ketones (excluding diaryl/α,β-unsaturated/α-hetero) is 1. The summed E-state index contributed by atoms with van der Waals surface area (Å²) in [6.07, 6.45) is 1.39. The number of hydrogen-bond acceptors (Lipinski definition) is 6. The molecule has 0 aliphatic rings. The van der Waals surface area contributed by atoms with Gasteiger partial charge in [-0.05, 0) is 6.07 Å². The lowest BCUT2D eigenvalue weighted by Crippen LogP contribution is -2.16. The second kappa shape index (κ2) is 6.93. The Morgan fingerprint density at radius 1 is 1.20 bits per heavy atom. The zero-order chi connectivity index (χ0) is 17.8. The van der Waals surface area contributed by atoms with Crippen molar-refractivity contribution in [2.45, 2.75) is 5.92 Å². The fourth-order valence-electron chi connectivity index (χ4n) is 2.48. The van der Waals surface area contributed by atoms with Crippen LogP contribution in [0.3, 0.4) is 0 Å². The Bertz CT molecular complexity index is 926. The summed E-state index contributed by atoms with van der Waals surface area (Å²) < 4.78 is 6.64. The lowest BCUT2D eigenvalue weighted by atomic mass is 9.99. The summed E-state index contributed by atoms with van der Waals surface area (Å²) >= 11 is 0. The van der Waals surface area contributed by atoms with Gasteiger partial charge in [-0.2, -0.15) is 5.26 Å². The van der Waals surface area contributed by atoms with Crippen LogP contribution >= 0.6 is 0 Å². The quantitative estimate of drug-likeness (QED) is 0.665. The van der Waals surface area contributed by atoms with E-state index in [1.54, 1.807) is 23.7 Å². The van der Waals surface area contributed by atoms with Crippen molar-refractivity contribution in [3.63, 3.8) is 0 Å². The van der Waals surface area contributed by atoms with Crippen LogP contribution in [0.25, 0.3) is 11.4 Å². The van der Waals surface area contributed by atoms with Crippen molar-refractivity contribution >= 4 is 5.78 Å². The van der Waals surface area contributed by atoms with E-state index in [-0.39, 0.29) is 5.78 Å². The van der Waals surface area contributed by atoms with Crippen LogP contribution in [0.15, 0.2) is 48.7 Å². The summed E-state index contributed by atoms with van der Waals surface area (Å²) in [5.41, 5.74) is 1.18. The van der Waals surface area contributed by atoms with Gasteiger partial charge in [0, 0.05) is 30.4 Å². The Morgan fingerprint density at radius 2 is 1.96 bits per heavy atom. The lowest BCUT2D eigenvalue weighted by Gasteiger charge is -2.09. The maximum absolute atomic E-state index is 12.7. The molecule has 0 spiro atoms. The minimum atomic E-state index is -1.06. The van der Waals surface area contributed by atoms with Gasteiger partial charge in [-0.15, -0.1) is 10.2 Å². The average Bonchev–Trinajstić information content (AvgIpc) is 3.04. The number of ether oxygens (including phenoxy) is 1. The molecule has 0 saturated carbocycles. The number of aromatic nitrogens is 4. The molecule has 0 aliphatic carbocycles. The van der Waals surface area contributed by atoms with Crippen LogP contribution in [0.5, 0.6) is 5.88 Å². The molecular formula is C18H15N5O2. The van der Waals surface area contributed by atoms with Crippen molar-refractivity contribution in [1.29, 1.82) is 5.26 Å². The maximum atomic E-state index is 12.7. The summed E-state index contributed by atoms with van der Waals surface area (Å²) in [5, 5.41) is 17.7. The Kier molecular flexibility index (Phi) is 4.53. The maximum Gasteiger partial charge on any atom is 0.212 e. The van der Waals surface area contributed by atoms with E-state index in [0.717, 1.165) is 5.56 Å². The Labute approximate surface area is 144 Å². The normalized spacial score (nSPS) is 11.6. The van der Waals surface area contributed by atoms with Crippen LogP contribution < -0.4 is 4.74 Å². The minimum absolute atomic E-state index is 0.294. The van der Waals surface area contributed by atoms with E-state index < -0.39 is 5.92 Å². The van der Waals surface area contributed by atoms with E-state index in [2.05, 4.69) is 15.2 Å². The van der Waals surface area contributed by atoms with Crippen LogP contribution in [0, 0.1) is 11.3 Å². The monoisotopic (exact) mass is 333 g/mol. The molecule has 25 heavy (non-hydrogen) atoms. The first-order chi connectivity index (χ1) is 12.2. The summed E-state index contributed by atoms with van der Waals surface area (Å²) in [4.78, 5) is 16.7. The number of carbonyl (C=O) groups excluding carboxylic acids is 1. The Balaban J connectivity index is 1.95. The second-order valence-electron chi connectivity index (χ2n) is 5.32. The van der Waals surface area contributed by atoms with Gasteiger partial charge in [0.05, 0.1) is 13.2 Å². The predicted molar refractivity (Wildman–Crippen MR) is 89.9 cm³/mol. The fraction of sp³-hybridized carbons (Fsp3) is 0.167. The number of methoxy groups -OCH3 is 1. The number of pyridine rings is 1. The number of nitriles is 1. The van der Waals surface area contributed by atoms with Gasteiger partial charge in [0.15, 0.2) is 23.3 Å². The summed E-state index contributed by atoms with van der Waals surface area (Å²) in [6.45, 7) is 0. The molecule has 0 aliphatic heterocycles. The highest BCUT2D eigenvalue weighted by Gasteiger charge is 2.28. The molecule has 0 bridgehead atoms. The molecule has 2 aromatic heterocycles. The number of ketones is 1. The molecule has 7 heteroatoms. The summed E-state index contributed by atoms with van der Waals surface area (Å²) in [5.74, 6) is -0.160. The minimum Gasteiger partial charge on any atom is -0.481 e. The smallest absolute Gasteiger partial charge is 0.212 e. The number of carbonyl (C=O) groups is 1. The largest absolute Gasteiger partial charge is 0.481 e. The fourth-order valence-corrected chi connectivity index (χ4v) is 2.48. The van der Waals surface area contributed by atoms with Crippen molar-refractivity contribution in [1.82, 2.24) is 19.7 Å². The van der Waals surface area contributed by atoms with Crippen molar-refractivity contribution in [3.05, 3.63) is 60.0 Å². The van der Waals surface area contributed by atoms with Gasteiger partial charge in [-0.1, -0.05) is 30.3 Å². The number of benzene rings is 1. The van der Waals surface area contributed by atoms with Crippen LogP contribution in [0.4, 0.5) is 0 Å². The van der Waals surface area contributed by atoms with E-state index in [4.69, 9.17) is 4.74 Å². The van der Waals surface area contributed by atoms with Gasteiger partial charge in [0.2, 0.25) is 5.88 Å². The van der Waals surface area contributed by atoms with Crippen molar-refractivity contribution in [2.75, 3.05) is 7.11 Å². The second-order valence-corrected chi connectivity index (χ2v) is 5.32. The van der Waals surface area contributed by atoms with Crippen LogP contribution in [0.2, 0.25) is 0 Å². The van der Waals surface area contributed by atoms with Gasteiger partial charge in [0.25, 0.3) is 0 Å². The Hall–Kier alpha value is -3.53. The molecular weight excluding hydrogens is 318 g/mol. The molecule has 2 heterocycles. The van der Waals surface area contributed by atoms with E-state index in [0.29, 0.717) is 23.1 Å². The molecule has 0 radical (unpaired) electrons. The molecule has 3 aromatic rings. The van der Waals surface area contributed by atoms with Gasteiger partial charge >= 0.3 is 0 Å². The molecule has 3 rings (SSSR count). The van der Waals surface area contributed by atoms with Crippen molar-refractivity contribution < 1.29 is 9.53 Å². The first-order valence-corrected chi connectivity index (χ1v) is 7.54. The number of rotatable bonds is 5. The first-order valence-electron chi connectivity index (χ1n) is 7.54. The van der Waals surface area contributed by atoms with Crippen molar-refractivity contribution in [2.24, 2.45) is 7.05 Å². The van der Waals surface area contributed by atoms with Crippen LogP contribution in [-0.2, 0) is 7.05 Å². The van der Waals surface area contributed by atoms with E-state index in [1.807, 2.05) is 36.4 Å². The third-order valence-corrected chi connectivity index (χ3v) is 3.82. The SMILES string of the molecule is COc1ccc(C(=O)[C@@H](C#N)c2nnc(-c3ccccc3)n2C)cn1. The number of nitrogens with zero attached hydrogens (tertiary/aromatic N) is 5. The Morgan fingerprint density at radius 3 is 2.56 bits per heavy atom. The highest BCUT2D eigenvalue weighted by molar-refractivity contribution is 6.02. The van der Waals surface area contributed by atoms with Crippen LogP contribution in [-0.4, -0.2) is 32.6 Å². The standard InChI is InChI=1S/C18H15N5O2/c1-23-17(12-6-4-3-5-7-12)21-22-18(23)14(10-19)16(24)13-8-9-15(25-2)20-11-13/h3-9,11,14H,1-2H3/t14-/m1/s1. The van der Waals surface area contributed by atoms with Crippen LogP contribution in [0.1, 0.15) is 22.1 Å². The third-order valence-electron chi connectivity index (χ3n) is 3.82. The van der Waals surface area contributed by atoms with E-state index in [9.17, 15) is 10.1 Å². The molecule has 0 amide bonds. The zero-order valence-electron chi connectivity index (χ0n) is 13.7. The molecule has 0 unspecified atom stereocenters. The van der Waals surface area contributed by atoms with Gasteiger partial charge in [-0.3, -0.25) is 4.79 Å². The summed E-state index contributed by atoms with van der Waals surface area (Å²) in [6, 6.07) is 14.6.